The SMILES string of the molecule is CNS(=O)(=O)c1cc(C(=O)N(C)[C@@H]2CCc3ccccc32)ccc1OC. The third kappa shape index (κ3) is 3.20. The number of hydrogen-bond acceptors (Lipinski definition) is 4. The van der Waals surface area contributed by atoms with Gasteiger partial charge in [0.2, 0.25) is 10.0 Å². The maximum Gasteiger partial charge on any atom is 0.254 e. The van der Waals surface area contributed by atoms with E-state index >= 15 is 0 Å². The molecular formula is C19H22N2O4S. The smallest absolute Gasteiger partial charge is 0.254 e. The van der Waals surface area contributed by atoms with Crippen LogP contribution in [-0.2, 0) is 16.4 Å². The molecule has 0 heterocycles. The number of sulfonamides is 1. The average Bonchev–Trinajstić information content (AvgIpc) is 3.10. The molecule has 0 radical (unpaired) electrons. The molecule has 0 unspecified atom stereocenters. The van der Waals surface area contributed by atoms with Crippen molar-refractivity contribution in [2.24, 2.45) is 0 Å². The second-order valence-corrected chi connectivity index (χ2v) is 8.10. The predicted octanol–water partition coefficient (Wildman–Crippen LogP) is 2.36. The normalized spacial score (nSPS) is 16.2. The number of nitrogens with zero attached hydrogens (tertiary/aromatic N) is 1. The summed E-state index contributed by atoms with van der Waals surface area (Å²) < 4.78 is 31.9. The van der Waals surface area contributed by atoms with E-state index in [1.54, 1.807) is 18.0 Å². The monoisotopic (exact) mass is 374 g/mol. The van der Waals surface area contributed by atoms with Gasteiger partial charge in [-0.1, -0.05) is 24.3 Å². The molecule has 0 aliphatic heterocycles. The minimum atomic E-state index is -3.74. The summed E-state index contributed by atoms with van der Waals surface area (Å²) in [5, 5.41) is 0. The zero-order valence-corrected chi connectivity index (χ0v) is 15.8. The molecular weight excluding hydrogens is 352 g/mol. The van der Waals surface area contributed by atoms with E-state index in [0.717, 1.165) is 18.4 Å². The molecule has 2 aromatic rings. The van der Waals surface area contributed by atoms with Crippen LogP contribution < -0.4 is 9.46 Å². The number of ether oxygens (including phenoxy) is 1. The molecule has 0 aromatic heterocycles. The Bertz CT molecular complexity index is 940. The molecule has 0 fully saturated rings. The topological polar surface area (TPSA) is 75.7 Å². The van der Waals surface area contributed by atoms with E-state index in [9.17, 15) is 13.2 Å². The molecule has 1 N–H and O–H groups in total. The highest BCUT2D eigenvalue weighted by Crippen LogP contribution is 2.36. The van der Waals surface area contributed by atoms with Gasteiger partial charge in [-0.2, -0.15) is 0 Å². The van der Waals surface area contributed by atoms with E-state index in [2.05, 4.69) is 10.8 Å². The summed E-state index contributed by atoms with van der Waals surface area (Å²) >= 11 is 0. The number of nitrogens with one attached hydrogen (secondary N) is 1. The van der Waals surface area contributed by atoms with Crippen molar-refractivity contribution >= 4 is 15.9 Å². The van der Waals surface area contributed by atoms with Gasteiger partial charge < -0.3 is 9.64 Å². The molecule has 26 heavy (non-hydrogen) atoms. The molecule has 138 valence electrons. The Balaban J connectivity index is 1.95. The Morgan fingerprint density at radius 1 is 1.23 bits per heavy atom. The molecule has 7 heteroatoms. The van der Waals surface area contributed by atoms with Gasteiger partial charge in [-0.3, -0.25) is 4.79 Å². The first-order valence-corrected chi connectivity index (χ1v) is 9.84. The van der Waals surface area contributed by atoms with Crippen LogP contribution >= 0.6 is 0 Å². The van der Waals surface area contributed by atoms with Gasteiger partial charge in [0.05, 0.1) is 13.2 Å². The summed E-state index contributed by atoms with van der Waals surface area (Å²) in [5.41, 5.74) is 2.72. The number of carbonyl (C=O) groups excluding carboxylic acids is 1. The van der Waals surface area contributed by atoms with Crippen molar-refractivity contribution in [1.29, 1.82) is 0 Å². The predicted molar refractivity (Wildman–Crippen MR) is 98.8 cm³/mol. The number of fused-ring (bicyclic) bond motifs is 1. The number of rotatable bonds is 5. The van der Waals surface area contributed by atoms with Gasteiger partial charge in [-0.25, -0.2) is 13.1 Å². The second kappa shape index (κ2) is 7.09. The molecule has 1 aliphatic carbocycles. The Kier molecular flexibility index (Phi) is 5.02. The van der Waals surface area contributed by atoms with E-state index in [4.69, 9.17) is 4.74 Å². The van der Waals surface area contributed by atoms with Crippen LogP contribution in [0, 0.1) is 0 Å². The number of benzene rings is 2. The highest BCUT2D eigenvalue weighted by molar-refractivity contribution is 7.89. The highest BCUT2D eigenvalue weighted by Gasteiger charge is 2.29. The fourth-order valence-electron chi connectivity index (χ4n) is 3.41. The molecule has 1 atom stereocenters. The summed E-state index contributed by atoms with van der Waals surface area (Å²) in [5.74, 6) is -0.0216. The molecule has 3 rings (SSSR count). The number of carbonyl (C=O) groups is 1. The maximum absolute atomic E-state index is 13.0. The van der Waals surface area contributed by atoms with E-state index in [1.165, 1.54) is 31.9 Å². The van der Waals surface area contributed by atoms with Crippen LogP contribution in [0.5, 0.6) is 5.75 Å². The third-order valence-electron chi connectivity index (χ3n) is 4.86. The zero-order chi connectivity index (χ0) is 18.9. The van der Waals surface area contributed by atoms with Crippen LogP contribution in [0.2, 0.25) is 0 Å². The molecule has 2 aromatic carbocycles. The minimum absolute atomic E-state index is 0.00911. The summed E-state index contributed by atoms with van der Waals surface area (Å²) in [6.07, 6.45) is 1.79. The first-order chi connectivity index (χ1) is 12.4. The van der Waals surface area contributed by atoms with Crippen LogP contribution in [0.25, 0.3) is 0 Å². The van der Waals surface area contributed by atoms with Gasteiger partial charge in [-0.15, -0.1) is 0 Å². The fraction of sp³-hybridized carbons (Fsp3) is 0.316. The summed E-state index contributed by atoms with van der Waals surface area (Å²) in [7, 11) is 0.740. The van der Waals surface area contributed by atoms with Crippen molar-refractivity contribution in [2.45, 2.75) is 23.8 Å². The van der Waals surface area contributed by atoms with Crippen molar-refractivity contribution in [2.75, 3.05) is 21.2 Å². The maximum atomic E-state index is 13.0. The summed E-state index contributed by atoms with van der Waals surface area (Å²) in [6, 6.07) is 12.6. The lowest BCUT2D eigenvalue weighted by atomic mass is 10.1. The lowest BCUT2D eigenvalue weighted by molar-refractivity contribution is 0.0730. The van der Waals surface area contributed by atoms with Crippen molar-refractivity contribution < 1.29 is 17.9 Å². The van der Waals surface area contributed by atoms with Crippen LogP contribution in [0.1, 0.15) is 33.9 Å². The molecule has 0 saturated carbocycles. The van der Waals surface area contributed by atoms with Crippen molar-refractivity contribution in [3.05, 3.63) is 59.2 Å². The van der Waals surface area contributed by atoms with Crippen LogP contribution in [0.4, 0.5) is 0 Å². The fourth-order valence-corrected chi connectivity index (χ4v) is 4.33. The van der Waals surface area contributed by atoms with E-state index in [-0.39, 0.29) is 22.6 Å². The number of amides is 1. The molecule has 0 saturated heterocycles. The Labute approximate surface area is 153 Å². The van der Waals surface area contributed by atoms with Gasteiger partial charge in [0.15, 0.2) is 0 Å². The largest absolute Gasteiger partial charge is 0.495 e. The van der Waals surface area contributed by atoms with Crippen LogP contribution in [-0.4, -0.2) is 40.4 Å². The molecule has 0 bridgehead atoms. The molecule has 1 aliphatic rings. The first kappa shape index (κ1) is 18.4. The summed E-state index contributed by atoms with van der Waals surface area (Å²) in [4.78, 5) is 14.6. The first-order valence-electron chi connectivity index (χ1n) is 8.35. The number of hydrogen-bond donors (Lipinski definition) is 1. The van der Waals surface area contributed by atoms with Crippen LogP contribution in [0.3, 0.4) is 0 Å². The Morgan fingerprint density at radius 2 is 1.96 bits per heavy atom. The van der Waals surface area contributed by atoms with E-state index < -0.39 is 10.0 Å². The Morgan fingerprint density at radius 3 is 2.65 bits per heavy atom. The van der Waals surface area contributed by atoms with Gasteiger partial charge in [0.1, 0.15) is 10.6 Å². The standard InChI is InChI=1S/C19H22N2O4S/c1-20-26(23,24)18-12-14(9-11-17(18)25-3)19(22)21(2)16-10-8-13-6-4-5-7-15(13)16/h4-7,9,11-12,16,20H,8,10H2,1-3H3/t16-/m1/s1. The Hall–Kier alpha value is -2.38. The lowest BCUT2D eigenvalue weighted by Gasteiger charge is -2.26. The van der Waals surface area contributed by atoms with Crippen molar-refractivity contribution in [3.8, 4) is 5.75 Å². The van der Waals surface area contributed by atoms with Crippen molar-refractivity contribution in [3.63, 3.8) is 0 Å². The van der Waals surface area contributed by atoms with E-state index in [1.807, 2.05) is 18.2 Å². The molecule has 1 amide bonds. The zero-order valence-electron chi connectivity index (χ0n) is 15.0. The second-order valence-electron chi connectivity index (χ2n) is 6.24. The quantitative estimate of drug-likeness (QED) is 0.872. The highest BCUT2D eigenvalue weighted by atomic mass is 32.2. The molecule has 6 nitrogen and oxygen atoms in total. The number of aryl methyl sites for hydroxylation is 1. The van der Waals surface area contributed by atoms with Crippen LogP contribution in [0.15, 0.2) is 47.4 Å². The van der Waals surface area contributed by atoms with Gasteiger partial charge in [0, 0.05) is 12.6 Å². The molecule has 0 spiro atoms. The van der Waals surface area contributed by atoms with Gasteiger partial charge in [0.25, 0.3) is 5.91 Å². The third-order valence-corrected chi connectivity index (χ3v) is 6.29. The summed E-state index contributed by atoms with van der Waals surface area (Å²) in [6.45, 7) is 0. The number of methoxy groups -OCH3 is 1. The van der Waals surface area contributed by atoms with Gasteiger partial charge >= 0.3 is 0 Å². The minimum Gasteiger partial charge on any atom is -0.495 e. The van der Waals surface area contributed by atoms with E-state index in [0.29, 0.717) is 5.56 Å². The average molecular weight is 374 g/mol. The van der Waals surface area contributed by atoms with Crippen molar-refractivity contribution in [1.82, 2.24) is 9.62 Å². The lowest BCUT2D eigenvalue weighted by Crippen LogP contribution is -2.30. The van der Waals surface area contributed by atoms with Gasteiger partial charge in [-0.05, 0) is 49.2 Å².